The summed E-state index contributed by atoms with van der Waals surface area (Å²) < 4.78 is 41.7. The molecular weight excluding hydrogens is 995 g/mol. The molecule has 4 N–H and O–H groups in total. The molecule has 4 aliphatic heterocycles. The maximum absolute atomic E-state index is 13.7. The molecule has 3 fully saturated rings. The number of rotatable bonds is 25. The lowest BCUT2D eigenvalue weighted by Crippen LogP contribution is -2.54. The molecule has 23 heteroatoms. The van der Waals surface area contributed by atoms with Crippen molar-refractivity contribution >= 4 is 80.8 Å². The summed E-state index contributed by atoms with van der Waals surface area (Å²) in [4.78, 5) is 92.6. The number of piperazine rings is 1. The maximum atomic E-state index is 13.7. The molecule has 21 nitrogen and oxygen atoms in total. The number of anilines is 4. The molecule has 6 amide bonds. The van der Waals surface area contributed by atoms with Gasteiger partial charge in [0.1, 0.15) is 29.8 Å². The Bertz CT molecular complexity index is 2740. The van der Waals surface area contributed by atoms with Crippen molar-refractivity contribution in [2.45, 2.75) is 44.2 Å². The highest BCUT2D eigenvalue weighted by atomic mass is 35.5. The lowest BCUT2D eigenvalue weighted by molar-refractivity contribution is -0.136. The number of aromatic nitrogens is 2. The van der Waals surface area contributed by atoms with Gasteiger partial charge < -0.3 is 44.5 Å². The van der Waals surface area contributed by atoms with Crippen LogP contribution in [-0.2, 0) is 38.1 Å². The quantitative estimate of drug-likeness (QED) is 0.0413. The molecule has 8 rings (SSSR count). The van der Waals surface area contributed by atoms with Crippen LogP contribution in [0.1, 0.15) is 52.8 Å². The number of imide groups is 2. The van der Waals surface area contributed by atoms with Gasteiger partial charge in [-0.25, -0.2) is 14.4 Å². The summed E-state index contributed by atoms with van der Waals surface area (Å²) in [5, 5.41) is 12.0. The molecule has 0 spiro atoms. The SMILES string of the molecule is COc1cc2ncnc(Nc3ccc(F)c(Cl)c3)c2cc1NC(=O)/C=C/CN1CCC(N2CCN(C(=O)CCOCCOCCOCCOCCNc3cccc4c3C(=O)N(C3CCC(=O)NC3=O)C4=O)CC2)CC1. The fourth-order valence-corrected chi connectivity index (χ4v) is 9.63. The van der Waals surface area contributed by atoms with E-state index in [-0.39, 0.29) is 40.8 Å². The maximum Gasteiger partial charge on any atom is 0.264 e. The van der Waals surface area contributed by atoms with Gasteiger partial charge in [-0.2, -0.15) is 0 Å². The van der Waals surface area contributed by atoms with E-state index in [0.717, 1.165) is 43.9 Å². The van der Waals surface area contributed by atoms with Crippen molar-refractivity contribution in [3.63, 3.8) is 0 Å². The second kappa shape index (κ2) is 26.7. The zero-order chi connectivity index (χ0) is 52.7. The van der Waals surface area contributed by atoms with Gasteiger partial charge in [0.05, 0.1) is 93.7 Å². The number of fused-ring (bicyclic) bond motifs is 2. The molecule has 1 unspecified atom stereocenters. The van der Waals surface area contributed by atoms with Gasteiger partial charge in [-0.15, -0.1) is 0 Å². The number of ether oxygens (including phenoxy) is 5. The van der Waals surface area contributed by atoms with E-state index < -0.39 is 35.5 Å². The van der Waals surface area contributed by atoms with Gasteiger partial charge in [-0.1, -0.05) is 23.7 Å². The largest absolute Gasteiger partial charge is 0.494 e. The second-order valence-corrected chi connectivity index (χ2v) is 18.6. The summed E-state index contributed by atoms with van der Waals surface area (Å²) in [5.41, 5.74) is 2.43. The number of methoxy groups -OCH3 is 1. The summed E-state index contributed by atoms with van der Waals surface area (Å²) in [7, 11) is 1.52. The van der Waals surface area contributed by atoms with Crippen molar-refractivity contribution in [3.8, 4) is 5.75 Å². The van der Waals surface area contributed by atoms with Gasteiger partial charge >= 0.3 is 0 Å². The molecule has 75 heavy (non-hydrogen) atoms. The van der Waals surface area contributed by atoms with Gasteiger partial charge in [0.2, 0.25) is 23.6 Å². The molecule has 3 aromatic carbocycles. The van der Waals surface area contributed by atoms with E-state index in [4.69, 9.17) is 35.3 Å². The number of nitrogens with zero attached hydrogens (tertiary/aromatic N) is 6. The van der Waals surface area contributed by atoms with Crippen molar-refractivity contribution in [1.29, 1.82) is 0 Å². The first-order chi connectivity index (χ1) is 36.5. The van der Waals surface area contributed by atoms with Gasteiger partial charge in [0, 0.05) is 80.6 Å². The van der Waals surface area contributed by atoms with Gasteiger partial charge in [0.25, 0.3) is 11.8 Å². The molecule has 0 saturated carbocycles. The molecule has 1 atom stereocenters. The fourth-order valence-electron chi connectivity index (χ4n) is 9.45. The van der Waals surface area contributed by atoms with Crippen LogP contribution in [0.3, 0.4) is 0 Å². The van der Waals surface area contributed by atoms with Gasteiger partial charge in [-0.05, 0) is 68.8 Å². The molecule has 0 bridgehead atoms. The monoisotopic (exact) mass is 1060 g/mol. The third-order valence-corrected chi connectivity index (χ3v) is 13.7. The summed E-state index contributed by atoms with van der Waals surface area (Å²) in [6.45, 7) is 8.69. The number of halogens is 2. The summed E-state index contributed by atoms with van der Waals surface area (Å²) in [6.07, 6.45) is 7.25. The molecule has 400 valence electrons. The predicted molar refractivity (Wildman–Crippen MR) is 276 cm³/mol. The topological polar surface area (TPSA) is 235 Å². The van der Waals surface area contributed by atoms with E-state index in [9.17, 15) is 33.2 Å². The average molecular weight is 1060 g/mol. The van der Waals surface area contributed by atoms with Gasteiger partial charge in [-0.3, -0.25) is 48.8 Å². The Morgan fingerprint density at radius 3 is 2.25 bits per heavy atom. The molecule has 4 aromatic rings. The zero-order valence-electron chi connectivity index (χ0n) is 41.8. The fraction of sp³-hybridized carbons (Fsp3) is 0.462. The molecule has 5 heterocycles. The minimum absolute atomic E-state index is 0.0252. The van der Waals surface area contributed by atoms with Crippen molar-refractivity contribution in [2.24, 2.45) is 0 Å². The number of piperidine rings is 2. The molecular formula is C52H62ClFN10O11. The Hall–Kier alpha value is -6.66. The number of likely N-dealkylation sites (tertiary alicyclic amines) is 1. The number of benzene rings is 3. The number of amides is 6. The van der Waals surface area contributed by atoms with E-state index in [1.807, 2.05) is 11.0 Å². The van der Waals surface area contributed by atoms with Crippen LogP contribution in [0.2, 0.25) is 5.02 Å². The standard InChI is InChI=1S/C52H62ClFN10O11/c1-71-44-32-41-37(49(57-33-56-41)58-34-7-8-39(54)38(53)30-34)31-42(44)59-45(65)6-3-15-61-16-11-35(12-17-61)62-18-20-63(21-19-62)47(67)13-22-72-24-26-74-28-29-75-27-25-73-23-14-55-40-5-2-4-36-48(40)52(70)64(51(36)69)43-9-10-46(66)60-50(43)68/h2-8,30-33,35,43,55H,9-29H2,1H3,(H,59,65)(H,56,57,58)(H,60,66,68)/b6-3+. The van der Waals surface area contributed by atoms with E-state index in [2.05, 4.69) is 41.0 Å². The van der Waals surface area contributed by atoms with Crippen LogP contribution in [0.4, 0.5) is 27.3 Å². The normalized spacial score (nSPS) is 17.7. The minimum Gasteiger partial charge on any atom is -0.494 e. The minimum atomic E-state index is -1.03. The highest BCUT2D eigenvalue weighted by Crippen LogP contribution is 2.35. The lowest BCUT2D eigenvalue weighted by Gasteiger charge is -2.42. The first-order valence-corrected chi connectivity index (χ1v) is 25.5. The number of carbonyl (C=O) groups is 6. The van der Waals surface area contributed by atoms with Crippen molar-refractivity contribution in [1.82, 2.24) is 34.9 Å². The number of carbonyl (C=O) groups excluding carboxylic acids is 6. The van der Waals surface area contributed by atoms with E-state index in [1.54, 1.807) is 36.4 Å². The first-order valence-electron chi connectivity index (χ1n) is 25.1. The van der Waals surface area contributed by atoms with Crippen LogP contribution in [0.15, 0.2) is 67.0 Å². The van der Waals surface area contributed by atoms with E-state index in [0.29, 0.717) is 131 Å². The summed E-state index contributed by atoms with van der Waals surface area (Å²) >= 11 is 5.97. The van der Waals surface area contributed by atoms with Crippen LogP contribution < -0.4 is 26.0 Å². The average Bonchev–Trinajstić information content (AvgIpc) is 3.68. The highest BCUT2D eigenvalue weighted by Gasteiger charge is 2.45. The summed E-state index contributed by atoms with van der Waals surface area (Å²) in [6, 6.07) is 12.0. The Labute approximate surface area is 438 Å². The van der Waals surface area contributed by atoms with Crippen LogP contribution in [-0.4, -0.2) is 189 Å². The summed E-state index contributed by atoms with van der Waals surface area (Å²) in [5.74, 6) is -2.08. The van der Waals surface area contributed by atoms with Crippen molar-refractivity contribution < 1.29 is 56.8 Å². The van der Waals surface area contributed by atoms with Crippen LogP contribution >= 0.6 is 11.6 Å². The Kier molecular flexibility index (Phi) is 19.4. The highest BCUT2D eigenvalue weighted by molar-refractivity contribution is 6.31. The second-order valence-electron chi connectivity index (χ2n) is 18.2. The lowest BCUT2D eigenvalue weighted by atomic mass is 10.0. The van der Waals surface area contributed by atoms with Crippen molar-refractivity contribution in [3.05, 3.63) is 89.0 Å². The Balaban J connectivity index is 0.623. The third kappa shape index (κ3) is 14.4. The van der Waals surface area contributed by atoms with Gasteiger partial charge in [0.15, 0.2) is 0 Å². The molecule has 1 aromatic heterocycles. The van der Waals surface area contributed by atoms with Crippen LogP contribution in [0.5, 0.6) is 5.75 Å². The Morgan fingerprint density at radius 1 is 0.827 bits per heavy atom. The van der Waals surface area contributed by atoms with E-state index in [1.165, 1.54) is 31.6 Å². The Morgan fingerprint density at radius 2 is 1.55 bits per heavy atom. The van der Waals surface area contributed by atoms with Crippen LogP contribution in [0.25, 0.3) is 10.9 Å². The van der Waals surface area contributed by atoms with Crippen molar-refractivity contribution in [2.75, 3.05) is 128 Å². The molecule has 0 aliphatic carbocycles. The number of hydrogen-bond acceptors (Lipinski definition) is 17. The van der Waals surface area contributed by atoms with E-state index >= 15 is 0 Å². The first kappa shape index (κ1) is 54.6. The molecule has 0 radical (unpaired) electrons. The zero-order valence-corrected chi connectivity index (χ0v) is 42.5. The number of nitrogens with one attached hydrogen (secondary N) is 4. The smallest absolute Gasteiger partial charge is 0.264 e. The molecule has 3 saturated heterocycles. The molecule has 4 aliphatic rings. The third-order valence-electron chi connectivity index (χ3n) is 13.4. The number of hydrogen-bond donors (Lipinski definition) is 4. The predicted octanol–water partition coefficient (Wildman–Crippen LogP) is 4.25. The van der Waals surface area contributed by atoms with Crippen LogP contribution in [0, 0.1) is 5.82 Å².